The fraction of sp³-hybridized carbons (Fsp3) is 0.200. The molecule has 2 N–H and O–H groups in total. The van der Waals surface area contributed by atoms with Gasteiger partial charge >= 0.3 is 5.97 Å². The molecule has 6 heteroatoms. The monoisotopic (exact) mass is 386 g/mol. The Morgan fingerprint density at radius 2 is 1.96 bits per heavy atom. The fourth-order valence-electron chi connectivity index (χ4n) is 2.58. The standard InChI is InChI=1S/C20H19ClN2O2S/c1-3-13-5-7-14(8-6-13)19-17(11-18(24)25)26-20(23-19)22-15-9-4-12(2)16(21)10-15/h4-10H,3,11H2,1-2H3,(H,22,23)(H,24,25). The Labute approximate surface area is 161 Å². The average molecular weight is 387 g/mol. The van der Waals surface area contributed by atoms with Gasteiger partial charge in [-0.2, -0.15) is 0 Å². The summed E-state index contributed by atoms with van der Waals surface area (Å²) >= 11 is 7.53. The lowest BCUT2D eigenvalue weighted by Crippen LogP contribution is -1.99. The van der Waals surface area contributed by atoms with E-state index in [1.807, 2.05) is 49.4 Å². The molecule has 134 valence electrons. The summed E-state index contributed by atoms with van der Waals surface area (Å²) in [5, 5.41) is 13.8. The number of hydrogen-bond donors (Lipinski definition) is 2. The maximum atomic E-state index is 11.2. The molecule has 0 spiro atoms. The smallest absolute Gasteiger partial charge is 0.308 e. The topological polar surface area (TPSA) is 62.2 Å². The minimum absolute atomic E-state index is 0.0567. The molecule has 2 aromatic carbocycles. The van der Waals surface area contributed by atoms with Gasteiger partial charge < -0.3 is 10.4 Å². The molecule has 1 heterocycles. The van der Waals surface area contributed by atoms with Crippen molar-refractivity contribution in [1.82, 2.24) is 4.98 Å². The van der Waals surface area contributed by atoms with Crippen LogP contribution >= 0.6 is 22.9 Å². The Balaban J connectivity index is 1.94. The summed E-state index contributed by atoms with van der Waals surface area (Å²) in [7, 11) is 0. The molecule has 0 bridgehead atoms. The highest BCUT2D eigenvalue weighted by Crippen LogP contribution is 2.34. The summed E-state index contributed by atoms with van der Waals surface area (Å²) in [4.78, 5) is 16.6. The first kappa shape index (κ1) is 18.4. The van der Waals surface area contributed by atoms with Crippen molar-refractivity contribution in [2.75, 3.05) is 5.32 Å². The first-order chi connectivity index (χ1) is 12.5. The molecule has 0 amide bonds. The zero-order valence-electron chi connectivity index (χ0n) is 14.5. The van der Waals surface area contributed by atoms with E-state index in [0.29, 0.717) is 15.8 Å². The van der Waals surface area contributed by atoms with Gasteiger partial charge in [-0.25, -0.2) is 4.98 Å². The largest absolute Gasteiger partial charge is 0.481 e. The van der Waals surface area contributed by atoms with Gasteiger partial charge in [-0.1, -0.05) is 48.9 Å². The van der Waals surface area contributed by atoms with Crippen LogP contribution in [0, 0.1) is 6.92 Å². The van der Waals surface area contributed by atoms with Crippen molar-refractivity contribution in [3.63, 3.8) is 0 Å². The molecule has 0 saturated carbocycles. The first-order valence-corrected chi connectivity index (χ1v) is 9.49. The number of halogens is 1. The Bertz CT molecular complexity index is 935. The van der Waals surface area contributed by atoms with Gasteiger partial charge in [-0.05, 0) is 36.6 Å². The summed E-state index contributed by atoms with van der Waals surface area (Å²) in [6.07, 6.45) is 0.902. The molecule has 0 aliphatic heterocycles. The van der Waals surface area contributed by atoms with Crippen LogP contribution in [-0.4, -0.2) is 16.1 Å². The molecule has 0 atom stereocenters. The summed E-state index contributed by atoms with van der Waals surface area (Å²) in [6.45, 7) is 4.04. The minimum atomic E-state index is -0.870. The van der Waals surface area contributed by atoms with E-state index in [4.69, 9.17) is 11.6 Å². The number of nitrogens with one attached hydrogen (secondary N) is 1. The van der Waals surface area contributed by atoms with Crippen molar-refractivity contribution < 1.29 is 9.90 Å². The number of benzene rings is 2. The fourth-order valence-corrected chi connectivity index (χ4v) is 3.76. The van der Waals surface area contributed by atoms with E-state index in [9.17, 15) is 9.90 Å². The van der Waals surface area contributed by atoms with Crippen molar-refractivity contribution in [1.29, 1.82) is 0 Å². The maximum absolute atomic E-state index is 11.2. The van der Waals surface area contributed by atoms with E-state index >= 15 is 0 Å². The third-order valence-electron chi connectivity index (χ3n) is 4.07. The van der Waals surface area contributed by atoms with Crippen LogP contribution in [0.3, 0.4) is 0 Å². The second kappa shape index (κ2) is 7.89. The Morgan fingerprint density at radius 1 is 1.23 bits per heavy atom. The molecule has 1 aromatic heterocycles. The molecule has 4 nitrogen and oxygen atoms in total. The number of carboxylic acids is 1. The second-order valence-electron chi connectivity index (χ2n) is 6.00. The summed E-state index contributed by atoms with van der Waals surface area (Å²) in [5.41, 5.74) is 4.69. The number of aromatic nitrogens is 1. The molecule has 0 aliphatic rings. The highest BCUT2D eigenvalue weighted by atomic mass is 35.5. The van der Waals surface area contributed by atoms with Crippen LogP contribution in [0.2, 0.25) is 5.02 Å². The molecule has 26 heavy (non-hydrogen) atoms. The lowest BCUT2D eigenvalue weighted by molar-refractivity contribution is -0.136. The number of rotatable bonds is 6. The van der Waals surface area contributed by atoms with Crippen LogP contribution in [0.5, 0.6) is 0 Å². The highest BCUT2D eigenvalue weighted by molar-refractivity contribution is 7.16. The zero-order chi connectivity index (χ0) is 18.7. The van der Waals surface area contributed by atoms with Crippen molar-refractivity contribution in [2.45, 2.75) is 26.7 Å². The molecular formula is C20H19ClN2O2S. The van der Waals surface area contributed by atoms with Gasteiger partial charge in [0, 0.05) is 21.2 Å². The predicted octanol–water partition coefficient (Wildman–Crippen LogP) is 5.71. The summed E-state index contributed by atoms with van der Waals surface area (Å²) < 4.78 is 0. The van der Waals surface area contributed by atoms with Gasteiger partial charge in [-0.3, -0.25) is 4.79 Å². The zero-order valence-corrected chi connectivity index (χ0v) is 16.1. The number of thiazole rings is 1. The molecule has 3 rings (SSSR count). The lowest BCUT2D eigenvalue weighted by atomic mass is 10.1. The van der Waals surface area contributed by atoms with Gasteiger partial charge in [0.2, 0.25) is 0 Å². The lowest BCUT2D eigenvalue weighted by Gasteiger charge is -2.04. The van der Waals surface area contributed by atoms with Crippen LogP contribution in [0.1, 0.15) is 22.9 Å². The Morgan fingerprint density at radius 3 is 2.58 bits per heavy atom. The second-order valence-corrected chi connectivity index (χ2v) is 7.49. The third kappa shape index (κ3) is 4.23. The highest BCUT2D eigenvalue weighted by Gasteiger charge is 2.16. The molecule has 0 unspecified atom stereocenters. The van der Waals surface area contributed by atoms with Gasteiger partial charge in [0.1, 0.15) is 0 Å². The molecule has 3 aromatic rings. The van der Waals surface area contributed by atoms with Crippen LogP contribution in [0.4, 0.5) is 10.8 Å². The van der Waals surface area contributed by atoms with Gasteiger partial charge in [0.15, 0.2) is 5.13 Å². The Hall–Kier alpha value is -2.37. The van der Waals surface area contributed by atoms with Gasteiger partial charge in [0.25, 0.3) is 0 Å². The average Bonchev–Trinajstić information content (AvgIpc) is 2.99. The van der Waals surface area contributed by atoms with Crippen LogP contribution in [-0.2, 0) is 17.6 Å². The first-order valence-electron chi connectivity index (χ1n) is 8.30. The SMILES string of the molecule is CCc1ccc(-c2nc(Nc3ccc(C)c(Cl)c3)sc2CC(=O)O)cc1. The van der Waals surface area contributed by atoms with E-state index < -0.39 is 5.97 Å². The van der Waals surface area contributed by atoms with E-state index in [0.717, 1.165) is 28.1 Å². The van der Waals surface area contributed by atoms with Crippen molar-refractivity contribution in [3.05, 3.63) is 63.5 Å². The maximum Gasteiger partial charge on any atom is 0.308 e. The number of hydrogen-bond acceptors (Lipinski definition) is 4. The normalized spacial score (nSPS) is 10.7. The van der Waals surface area contributed by atoms with Crippen LogP contribution in [0.25, 0.3) is 11.3 Å². The van der Waals surface area contributed by atoms with Crippen LogP contribution in [0.15, 0.2) is 42.5 Å². The summed E-state index contributed by atoms with van der Waals surface area (Å²) in [5.74, 6) is -0.870. The summed E-state index contributed by atoms with van der Waals surface area (Å²) in [6, 6.07) is 13.8. The van der Waals surface area contributed by atoms with Crippen LogP contribution < -0.4 is 5.32 Å². The molecule has 0 radical (unpaired) electrons. The number of aryl methyl sites for hydroxylation is 2. The van der Waals surface area contributed by atoms with Crippen molar-refractivity contribution in [3.8, 4) is 11.3 Å². The van der Waals surface area contributed by atoms with Gasteiger partial charge in [-0.15, -0.1) is 11.3 Å². The number of carbonyl (C=O) groups is 1. The van der Waals surface area contributed by atoms with E-state index in [-0.39, 0.29) is 6.42 Å². The number of nitrogens with zero attached hydrogens (tertiary/aromatic N) is 1. The molecule has 0 saturated heterocycles. The minimum Gasteiger partial charge on any atom is -0.481 e. The number of aliphatic carboxylic acids is 1. The molecular weight excluding hydrogens is 368 g/mol. The van der Waals surface area contributed by atoms with Crippen molar-refractivity contribution >= 4 is 39.7 Å². The number of carboxylic acid groups (broad SMARTS) is 1. The van der Waals surface area contributed by atoms with E-state index in [2.05, 4.69) is 17.2 Å². The number of anilines is 2. The Kier molecular flexibility index (Phi) is 5.59. The predicted molar refractivity (Wildman–Crippen MR) is 108 cm³/mol. The third-order valence-corrected chi connectivity index (χ3v) is 5.45. The van der Waals surface area contributed by atoms with E-state index in [1.54, 1.807) is 0 Å². The molecule has 0 fully saturated rings. The molecule has 0 aliphatic carbocycles. The van der Waals surface area contributed by atoms with E-state index in [1.165, 1.54) is 16.9 Å². The quantitative estimate of drug-likeness (QED) is 0.570. The van der Waals surface area contributed by atoms with Gasteiger partial charge in [0.05, 0.1) is 12.1 Å². The van der Waals surface area contributed by atoms with Crippen molar-refractivity contribution in [2.24, 2.45) is 0 Å².